The van der Waals surface area contributed by atoms with Crippen molar-refractivity contribution in [3.8, 4) is 17.2 Å². The van der Waals surface area contributed by atoms with Gasteiger partial charge in [-0.1, -0.05) is 31.2 Å². The summed E-state index contributed by atoms with van der Waals surface area (Å²) in [5, 5.41) is 9.39. The van der Waals surface area contributed by atoms with Crippen molar-refractivity contribution in [1.29, 1.82) is 5.26 Å². The molecular weight excluding hydrogens is 234 g/mol. The van der Waals surface area contributed by atoms with Gasteiger partial charge in [0.25, 0.3) is 0 Å². The molecule has 2 rings (SSSR count). The topological polar surface area (TPSA) is 62.7 Å². The van der Waals surface area contributed by atoms with Crippen LogP contribution in [0.5, 0.6) is 0 Å². The van der Waals surface area contributed by atoms with Gasteiger partial charge in [0, 0.05) is 11.3 Å². The number of nitrogens with zero attached hydrogens (tertiary/aromatic N) is 2. The van der Waals surface area contributed by atoms with Gasteiger partial charge in [0.2, 0.25) is 0 Å². The Morgan fingerprint density at radius 3 is 2.53 bits per heavy atom. The van der Waals surface area contributed by atoms with Gasteiger partial charge >= 0.3 is 0 Å². The second-order valence-electron chi connectivity index (χ2n) is 4.59. The lowest BCUT2D eigenvalue weighted by Crippen LogP contribution is -2.05. The van der Waals surface area contributed by atoms with Gasteiger partial charge < -0.3 is 5.73 Å². The third-order valence-corrected chi connectivity index (χ3v) is 3.41. The lowest BCUT2D eigenvalue weighted by molar-refractivity contribution is 1.05. The lowest BCUT2D eigenvalue weighted by Gasteiger charge is -2.16. The Bertz CT molecular complexity index is 666. The molecule has 0 amide bonds. The third kappa shape index (κ3) is 2.17. The van der Waals surface area contributed by atoms with Gasteiger partial charge in [-0.3, -0.25) is 0 Å². The molecule has 3 nitrogen and oxygen atoms in total. The minimum Gasteiger partial charge on any atom is -0.383 e. The zero-order valence-electron chi connectivity index (χ0n) is 11.5. The van der Waals surface area contributed by atoms with Crippen LogP contribution < -0.4 is 5.73 Å². The number of nitriles is 1. The van der Waals surface area contributed by atoms with Gasteiger partial charge in [-0.25, -0.2) is 4.98 Å². The van der Waals surface area contributed by atoms with Crippen LogP contribution in [0.2, 0.25) is 0 Å². The fourth-order valence-corrected chi connectivity index (χ4v) is 2.46. The van der Waals surface area contributed by atoms with Crippen molar-refractivity contribution in [3.63, 3.8) is 0 Å². The van der Waals surface area contributed by atoms with Gasteiger partial charge in [0.15, 0.2) is 0 Å². The Balaban J connectivity index is 2.89. The van der Waals surface area contributed by atoms with E-state index in [4.69, 9.17) is 5.73 Å². The van der Waals surface area contributed by atoms with Crippen molar-refractivity contribution in [2.75, 3.05) is 5.73 Å². The molecule has 2 aromatic rings. The third-order valence-electron chi connectivity index (χ3n) is 3.41. The molecule has 96 valence electrons. The van der Waals surface area contributed by atoms with Crippen LogP contribution in [0.15, 0.2) is 24.3 Å². The van der Waals surface area contributed by atoms with Crippen LogP contribution in [0.25, 0.3) is 11.1 Å². The van der Waals surface area contributed by atoms with Crippen LogP contribution in [-0.4, -0.2) is 4.98 Å². The van der Waals surface area contributed by atoms with Crippen LogP contribution in [0.4, 0.5) is 5.82 Å². The number of aromatic nitrogens is 1. The van der Waals surface area contributed by atoms with Crippen molar-refractivity contribution in [1.82, 2.24) is 4.98 Å². The highest BCUT2D eigenvalue weighted by Crippen LogP contribution is 2.34. The SMILES string of the molecule is CCc1c(C)nc(N)c(C#N)c1-c1ccccc1C. The normalized spacial score (nSPS) is 10.2. The van der Waals surface area contributed by atoms with E-state index >= 15 is 0 Å². The Labute approximate surface area is 113 Å². The Hall–Kier alpha value is -2.34. The molecule has 0 atom stereocenters. The molecule has 0 saturated heterocycles. The van der Waals surface area contributed by atoms with E-state index in [1.165, 1.54) is 0 Å². The zero-order valence-corrected chi connectivity index (χ0v) is 11.5. The number of pyridine rings is 1. The van der Waals surface area contributed by atoms with Crippen LogP contribution >= 0.6 is 0 Å². The van der Waals surface area contributed by atoms with E-state index in [9.17, 15) is 5.26 Å². The summed E-state index contributed by atoms with van der Waals surface area (Å²) in [5.74, 6) is 0.315. The van der Waals surface area contributed by atoms with E-state index in [-0.39, 0.29) is 0 Å². The standard InChI is InChI=1S/C16H17N3/c1-4-12-11(3)19-16(18)14(9-17)15(12)13-8-6-5-7-10(13)2/h5-8H,4H2,1-3H3,(H2,18,19). The van der Waals surface area contributed by atoms with Crippen molar-refractivity contribution < 1.29 is 0 Å². The molecule has 0 unspecified atom stereocenters. The van der Waals surface area contributed by atoms with Crippen LogP contribution in [0, 0.1) is 25.2 Å². The first-order valence-electron chi connectivity index (χ1n) is 6.35. The van der Waals surface area contributed by atoms with E-state index < -0.39 is 0 Å². The maximum atomic E-state index is 9.39. The predicted molar refractivity (Wildman–Crippen MR) is 77.7 cm³/mol. The molecule has 0 fully saturated rings. The Kier molecular flexibility index (Phi) is 3.52. The van der Waals surface area contributed by atoms with Gasteiger partial charge in [-0.05, 0) is 37.0 Å². The lowest BCUT2D eigenvalue weighted by atomic mass is 9.90. The number of hydrogen-bond acceptors (Lipinski definition) is 3. The first-order chi connectivity index (χ1) is 9.10. The van der Waals surface area contributed by atoms with E-state index in [1.54, 1.807) is 0 Å². The molecule has 0 aliphatic rings. The predicted octanol–water partition coefficient (Wildman–Crippen LogP) is 3.38. The molecular formula is C16H17N3. The molecule has 0 aliphatic heterocycles. The highest BCUT2D eigenvalue weighted by molar-refractivity contribution is 5.80. The highest BCUT2D eigenvalue weighted by atomic mass is 14.8. The Morgan fingerprint density at radius 1 is 1.26 bits per heavy atom. The molecule has 0 saturated carbocycles. The second kappa shape index (κ2) is 5.11. The first kappa shape index (κ1) is 13.1. The van der Waals surface area contributed by atoms with Crippen LogP contribution in [-0.2, 0) is 6.42 Å². The summed E-state index contributed by atoms with van der Waals surface area (Å²) in [4.78, 5) is 4.29. The zero-order chi connectivity index (χ0) is 14.0. The van der Waals surface area contributed by atoms with Gasteiger partial charge in [-0.2, -0.15) is 5.26 Å². The molecule has 1 aromatic carbocycles. The van der Waals surface area contributed by atoms with E-state index in [1.807, 2.05) is 38.1 Å². The summed E-state index contributed by atoms with van der Waals surface area (Å²) in [6, 6.07) is 10.3. The molecule has 3 heteroatoms. The highest BCUT2D eigenvalue weighted by Gasteiger charge is 2.17. The average Bonchev–Trinajstić information content (AvgIpc) is 2.38. The number of nitrogens with two attached hydrogens (primary N) is 1. The molecule has 19 heavy (non-hydrogen) atoms. The molecule has 1 aromatic heterocycles. The number of hydrogen-bond donors (Lipinski definition) is 1. The van der Waals surface area contributed by atoms with Crippen molar-refractivity contribution in [2.24, 2.45) is 0 Å². The molecule has 0 radical (unpaired) electrons. The maximum absolute atomic E-state index is 9.39. The van der Waals surface area contributed by atoms with Crippen molar-refractivity contribution in [2.45, 2.75) is 27.2 Å². The monoisotopic (exact) mass is 251 g/mol. The second-order valence-corrected chi connectivity index (χ2v) is 4.59. The van der Waals surface area contributed by atoms with Crippen molar-refractivity contribution >= 4 is 5.82 Å². The minimum atomic E-state index is 0.315. The summed E-state index contributed by atoms with van der Waals surface area (Å²) in [7, 11) is 0. The first-order valence-corrected chi connectivity index (χ1v) is 6.35. The van der Waals surface area contributed by atoms with Crippen LogP contribution in [0.1, 0.15) is 29.3 Å². The summed E-state index contributed by atoms with van der Waals surface area (Å²) >= 11 is 0. The van der Waals surface area contributed by atoms with E-state index in [2.05, 4.69) is 18.0 Å². The van der Waals surface area contributed by atoms with Gasteiger partial charge in [-0.15, -0.1) is 0 Å². The minimum absolute atomic E-state index is 0.315. The summed E-state index contributed by atoms with van der Waals surface area (Å²) in [5.41, 5.74) is 11.5. The summed E-state index contributed by atoms with van der Waals surface area (Å²) in [6.07, 6.45) is 0.831. The fraction of sp³-hybridized carbons (Fsp3) is 0.250. The number of benzene rings is 1. The quantitative estimate of drug-likeness (QED) is 0.889. The number of nitrogen functional groups attached to an aromatic ring is 1. The Morgan fingerprint density at radius 2 is 1.95 bits per heavy atom. The molecule has 0 bridgehead atoms. The maximum Gasteiger partial charge on any atom is 0.142 e. The number of anilines is 1. The van der Waals surface area contributed by atoms with E-state index in [0.717, 1.165) is 34.4 Å². The average molecular weight is 251 g/mol. The largest absolute Gasteiger partial charge is 0.383 e. The molecule has 2 N–H and O–H groups in total. The number of aryl methyl sites for hydroxylation is 2. The summed E-state index contributed by atoms with van der Waals surface area (Å²) in [6.45, 7) is 6.06. The van der Waals surface area contributed by atoms with Gasteiger partial charge in [0.05, 0.1) is 0 Å². The summed E-state index contributed by atoms with van der Waals surface area (Å²) < 4.78 is 0. The van der Waals surface area contributed by atoms with E-state index in [0.29, 0.717) is 11.4 Å². The van der Waals surface area contributed by atoms with Gasteiger partial charge in [0.1, 0.15) is 17.5 Å². The smallest absolute Gasteiger partial charge is 0.142 e. The number of rotatable bonds is 2. The van der Waals surface area contributed by atoms with Crippen molar-refractivity contribution in [3.05, 3.63) is 46.6 Å². The fourth-order valence-electron chi connectivity index (χ4n) is 2.46. The molecule has 1 heterocycles. The molecule has 0 aliphatic carbocycles. The van der Waals surface area contributed by atoms with Crippen LogP contribution in [0.3, 0.4) is 0 Å². The molecule has 0 spiro atoms.